The first kappa shape index (κ1) is 15.7. The van der Waals surface area contributed by atoms with Crippen molar-refractivity contribution in [1.82, 2.24) is 4.57 Å². The Morgan fingerprint density at radius 3 is 2.35 bits per heavy atom. The van der Waals surface area contributed by atoms with Crippen molar-refractivity contribution in [3.05, 3.63) is 35.7 Å². The number of nitrogens with zero attached hydrogens (tertiary/aromatic N) is 1. The van der Waals surface area contributed by atoms with E-state index in [4.69, 9.17) is 5.73 Å². The quantitative estimate of drug-likeness (QED) is 0.822. The molecule has 0 saturated carbocycles. The van der Waals surface area contributed by atoms with Gasteiger partial charge in [0.1, 0.15) is 0 Å². The average molecular weight is 234 g/mol. The molecule has 17 heavy (non-hydrogen) atoms. The summed E-state index contributed by atoms with van der Waals surface area (Å²) in [6, 6.07) is 2.14. The molecule has 0 unspecified atom stereocenters. The lowest BCUT2D eigenvalue weighted by atomic mass is 10.2. The highest BCUT2D eigenvalue weighted by molar-refractivity contribution is 5.63. The van der Waals surface area contributed by atoms with Crippen LogP contribution in [-0.2, 0) is 6.54 Å². The molecule has 96 valence electrons. The molecular formula is C15H26N2. The Labute approximate surface area is 106 Å². The van der Waals surface area contributed by atoms with Gasteiger partial charge in [0.25, 0.3) is 0 Å². The molecule has 2 heteroatoms. The molecule has 0 aliphatic heterocycles. The van der Waals surface area contributed by atoms with E-state index < -0.39 is 0 Å². The molecule has 2 nitrogen and oxygen atoms in total. The zero-order valence-electron chi connectivity index (χ0n) is 11.6. The summed E-state index contributed by atoms with van der Waals surface area (Å²) in [6.45, 7) is 9.82. The SMILES string of the molecule is C/C=C\c1ccn(CCCN)c1/C=C\C.CC. The molecule has 0 aliphatic carbocycles. The van der Waals surface area contributed by atoms with E-state index in [0.717, 1.165) is 19.5 Å². The van der Waals surface area contributed by atoms with Gasteiger partial charge in [0, 0.05) is 18.4 Å². The second-order valence-corrected chi connectivity index (χ2v) is 3.49. The topological polar surface area (TPSA) is 30.9 Å². The van der Waals surface area contributed by atoms with Crippen LogP contribution in [-0.4, -0.2) is 11.1 Å². The summed E-state index contributed by atoms with van der Waals surface area (Å²) >= 11 is 0. The third-order valence-electron chi connectivity index (χ3n) is 2.31. The van der Waals surface area contributed by atoms with Crippen molar-refractivity contribution in [1.29, 1.82) is 0 Å². The fourth-order valence-electron chi connectivity index (χ4n) is 1.63. The molecule has 0 saturated heterocycles. The molecule has 1 rings (SSSR count). The van der Waals surface area contributed by atoms with Crippen molar-refractivity contribution >= 4 is 12.2 Å². The van der Waals surface area contributed by atoms with Gasteiger partial charge in [-0.1, -0.05) is 32.1 Å². The highest BCUT2D eigenvalue weighted by atomic mass is 15.0. The molecular weight excluding hydrogens is 208 g/mol. The Morgan fingerprint density at radius 1 is 1.18 bits per heavy atom. The van der Waals surface area contributed by atoms with Crippen LogP contribution in [0.3, 0.4) is 0 Å². The summed E-state index contributed by atoms with van der Waals surface area (Å²) < 4.78 is 2.25. The summed E-state index contributed by atoms with van der Waals surface area (Å²) in [4.78, 5) is 0. The summed E-state index contributed by atoms with van der Waals surface area (Å²) in [5.41, 5.74) is 8.06. The molecule has 2 N–H and O–H groups in total. The van der Waals surface area contributed by atoms with Gasteiger partial charge >= 0.3 is 0 Å². The van der Waals surface area contributed by atoms with Crippen LogP contribution < -0.4 is 5.73 Å². The van der Waals surface area contributed by atoms with Crippen molar-refractivity contribution in [2.24, 2.45) is 5.73 Å². The van der Waals surface area contributed by atoms with E-state index in [1.165, 1.54) is 11.3 Å². The molecule has 1 aromatic heterocycles. The van der Waals surface area contributed by atoms with Crippen LogP contribution in [0.15, 0.2) is 24.4 Å². The summed E-state index contributed by atoms with van der Waals surface area (Å²) in [7, 11) is 0. The maximum absolute atomic E-state index is 5.52. The Balaban J connectivity index is 0.00000121. The van der Waals surface area contributed by atoms with E-state index in [1.54, 1.807) is 0 Å². The van der Waals surface area contributed by atoms with Gasteiger partial charge in [-0.05, 0) is 44.5 Å². The zero-order chi connectivity index (χ0) is 13.1. The van der Waals surface area contributed by atoms with E-state index in [2.05, 4.69) is 41.1 Å². The van der Waals surface area contributed by atoms with Gasteiger partial charge in [-0.25, -0.2) is 0 Å². The Kier molecular flexibility index (Phi) is 9.17. The summed E-state index contributed by atoms with van der Waals surface area (Å²) in [6.07, 6.45) is 11.6. The first-order chi connectivity index (χ1) is 8.33. The Hall–Kier alpha value is -1.28. The van der Waals surface area contributed by atoms with Gasteiger partial charge in [-0.2, -0.15) is 0 Å². The van der Waals surface area contributed by atoms with E-state index in [1.807, 2.05) is 27.7 Å². The molecule has 0 aromatic carbocycles. The first-order valence-electron chi connectivity index (χ1n) is 6.48. The molecule has 0 atom stereocenters. The average Bonchev–Trinajstić information content (AvgIpc) is 2.73. The minimum absolute atomic E-state index is 0.742. The van der Waals surface area contributed by atoms with Crippen LogP contribution in [0.1, 0.15) is 45.4 Å². The maximum Gasteiger partial charge on any atom is 0.0476 e. The predicted octanol–water partition coefficient (Wildman–Crippen LogP) is 3.93. The highest BCUT2D eigenvalue weighted by Gasteiger charge is 2.02. The van der Waals surface area contributed by atoms with Gasteiger partial charge in [-0.3, -0.25) is 0 Å². The van der Waals surface area contributed by atoms with Crippen LogP contribution >= 0.6 is 0 Å². The van der Waals surface area contributed by atoms with Crippen LogP contribution in [0.4, 0.5) is 0 Å². The van der Waals surface area contributed by atoms with Crippen LogP contribution in [0.25, 0.3) is 12.2 Å². The first-order valence-corrected chi connectivity index (χ1v) is 6.48. The molecule has 1 heterocycles. The lowest BCUT2D eigenvalue weighted by Gasteiger charge is -2.05. The number of nitrogens with two attached hydrogens (primary N) is 1. The normalized spacial score (nSPS) is 10.9. The minimum atomic E-state index is 0.742. The summed E-state index contributed by atoms with van der Waals surface area (Å²) in [5, 5.41) is 0. The molecule has 0 bridgehead atoms. The number of hydrogen-bond acceptors (Lipinski definition) is 1. The predicted molar refractivity (Wildman–Crippen MR) is 78.9 cm³/mol. The van der Waals surface area contributed by atoms with Crippen LogP contribution in [0.2, 0.25) is 0 Å². The second kappa shape index (κ2) is 9.91. The molecule has 1 aromatic rings. The lowest BCUT2D eigenvalue weighted by Crippen LogP contribution is -2.06. The van der Waals surface area contributed by atoms with Crippen molar-refractivity contribution in [3.63, 3.8) is 0 Å². The van der Waals surface area contributed by atoms with Gasteiger partial charge in [0.2, 0.25) is 0 Å². The van der Waals surface area contributed by atoms with Gasteiger partial charge in [-0.15, -0.1) is 0 Å². The summed E-state index contributed by atoms with van der Waals surface area (Å²) in [5.74, 6) is 0. The smallest absolute Gasteiger partial charge is 0.0476 e. The van der Waals surface area contributed by atoms with E-state index in [0.29, 0.717) is 0 Å². The zero-order valence-corrected chi connectivity index (χ0v) is 11.6. The van der Waals surface area contributed by atoms with Crippen molar-refractivity contribution in [2.45, 2.75) is 40.7 Å². The number of aromatic nitrogens is 1. The lowest BCUT2D eigenvalue weighted by molar-refractivity contribution is 0.649. The number of allylic oxidation sites excluding steroid dienone is 2. The Bertz CT molecular complexity index is 346. The largest absolute Gasteiger partial charge is 0.347 e. The van der Waals surface area contributed by atoms with E-state index in [-0.39, 0.29) is 0 Å². The van der Waals surface area contributed by atoms with Crippen molar-refractivity contribution < 1.29 is 0 Å². The van der Waals surface area contributed by atoms with Crippen molar-refractivity contribution in [3.8, 4) is 0 Å². The van der Waals surface area contributed by atoms with Gasteiger partial charge in [0.05, 0.1) is 0 Å². The van der Waals surface area contributed by atoms with Gasteiger partial charge < -0.3 is 10.3 Å². The third kappa shape index (κ3) is 5.05. The third-order valence-corrected chi connectivity index (χ3v) is 2.31. The number of rotatable bonds is 5. The molecule has 0 fully saturated rings. The monoisotopic (exact) mass is 234 g/mol. The fraction of sp³-hybridized carbons (Fsp3) is 0.467. The fourth-order valence-corrected chi connectivity index (χ4v) is 1.63. The minimum Gasteiger partial charge on any atom is -0.347 e. The maximum atomic E-state index is 5.52. The molecule has 0 radical (unpaired) electrons. The molecule has 0 aliphatic rings. The highest BCUT2D eigenvalue weighted by Crippen LogP contribution is 2.15. The number of aryl methyl sites for hydroxylation is 1. The van der Waals surface area contributed by atoms with E-state index >= 15 is 0 Å². The standard InChI is InChI=1S/C13H20N2.C2H6/c1-3-6-12-8-11-15(10-5-9-14)13(12)7-4-2;1-2/h3-4,6-8,11H,5,9-10,14H2,1-2H3;1-2H3/b6-3-,7-4-;. The van der Waals surface area contributed by atoms with Crippen LogP contribution in [0, 0.1) is 0 Å². The van der Waals surface area contributed by atoms with Gasteiger partial charge in [0.15, 0.2) is 0 Å². The Morgan fingerprint density at radius 2 is 1.82 bits per heavy atom. The van der Waals surface area contributed by atoms with Crippen LogP contribution in [0.5, 0.6) is 0 Å². The number of hydrogen-bond donors (Lipinski definition) is 1. The second-order valence-electron chi connectivity index (χ2n) is 3.49. The molecule has 0 spiro atoms. The van der Waals surface area contributed by atoms with Crippen molar-refractivity contribution in [2.75, 3.05) is 6.54 Å². The molecule has 0 amide bonds. The van der Waals surface area contributed by atoms with E-state index in [9.17, 15) is 0 Å².